The van der Waals surface area contributed by atoms with Gasteiger partial charge in [0.2, 0.25) is 0 Å². The second-order valence-electron chi connectivity index (χ2n) is 6.86. The van der Waals surface area contributed by atoms with Gasteiger partial charge in [-0.15, -0.1) is 0 Å². The summed E-state index contributed by atoms with van der Waals surface area (Å²) in [7, 11) is -3.74. The van der Waals surface area contributed by atoms with Gasteiger partial charge >= 0.3 is 5.69 Å². The Balaban J connectivity index is 1.78. The van der Waals surface area contributed by atoms with E-state index in [-0.39, 0.29) is 23.7 Å². The summed E-state index contributed by atoms with van der Waals surface area (Å²) in [4.78, 5) is 29.3. The number of H-pyrrole nitrogens is 1. The van der Waals surface area contributed by atoms with Gasteiger partial charge in [0.05, 0.1) is 11.0 Å². The van der Waals surface area contributed by atoms with Crippen molar-refractivity contribution in [2.45, 2.75) is 38.8 Å². The number of likely N-dealkylation sites (tertiary alicyclic amines) is 1. The Labute approximate surface area is 151 Å². The lowest BCUT2D eigenvalue weighted by molar-refractivity contribution is 0.0711. The molecule has 3 rings (SSSR count). The molecule has 0 spiro atoms. The molecule has 0 unspecified atom stereocenters. The molecule has 1 aliphatic heterocycles. The highest BCUT2D eigenvalue weighted by Gasteiger charge is 2.26. The molecule has 2 heterocycles. The highest BCUT2D eigenvalue weighted by Crippen LogP contribution is 2.19. The minimum absolute atomic E-state index is 0.0263. The zero-order valence-corrected chi connectivity index (χ0v) is 15.5. The summed E-state index contributed by atoms with van der Waals surface area (Å²) in [5, 5.41) is 4.99. The molecule has 1 fully saturated rings. The molecular weight excluding hydrogens is 358 g/mol. The Bertz CT molecular complexity index is 984. The van der Waals surface area contributed by atoms with E-state index < -0.39 is 10.2 Å². The van der Waals surface area contributed by atoms with Gasteiger partial charge in [-0.1, -0.05) is 0 Å². The van der Waals surface area contributed by atoms with E-state index in [4.69, 9.17) is 5.14 Å². The number of amides is 1. The largest absolute Gasteiger partial charge is 0.339 e. The molecule has 142 valence electrons. The molecule has 0 bridgehead atoms. The van der Waals surface area contributed by atoms with E-state index in [0.29, 0.717) is 42.5 Å². The number of imidazole rings is 1. The standard InChI is InChI=1S/C16H23N5O4S/c1-10(2)21-14-9-11(3-4-13(14)18-16(21)23)15(22)20-7-5-12(6-8-20)19-26(17,24)25/h3-4,9-10,12,19H,5-8H2,1-2H3,(H,18,23)(H2,17,24,25). The zero-order chi connectivity index (χ0) is 19.1. The summed E-state index contributed by atoms with van der Waals surface area (Å²) < 4.78 is 26.2. The van der Waals surface area contributed by atoms with Gasteiger partial charge < -0.3 is 9.88 Å². The first-order valence-corrected chi connectivity index (χ1v) is 10.0. The fraction of sp³-hybridized carbons (Fsp3) is 0.500. The molecule has 1 amide bonds. The molecule has 1 aromatic heterocycles. The molecule has 0 atom stereocenters. The van der Waals surface area contributed by atoms with Crippen LogP contribution in [-0.2, 0) is 10.2 Å². The van der Waals surface area contributed by atoms with Gasteiger partial charge in [-0.25, -0.2) is 9.93 Å². The van der Waals surface area contributed by atoms with E-state index in [1.54, 1.807) is 27.7 Å². The maximum atomic E-state index is 12.8. The molecule has 0 aliphatic carbocycles. The highest BCUT2D eigenvalue weighted by atomic mass is 32.2. The fourth-order valence-electron chi connectivity index (χ4n) is 3.38. The van der Waals surface area contributed by atoms with Gasteiger partial charge in [0, 0.05) is 30.7 Å². The van der Waals surface area contributed by atoms with Gasteiger partial charge in [0.15, 0.2) is 0 Å². The molecule has 0 radical (unpaired) electrons. The Kier molecular flexibility index (Phi) is 4.91. The quantitative estimate of drug-likeness (QED) is 0.703. The van der Waals surface area contributed by atoms with E-state index in [0.717, 1.165) is 0 Å². The normalized spacial score (nSPS) is 16.5. The van der Waals surface area contributed by atoms with Crippen LogP contribution in [0.3, 0.4) is 0 Å². The van der Waals surface area contributed by atoms with Crippen molar-refractivity contribution in [3.05, 3.63) is 34.2 Å². The first-order valence-electron chi connectivity index (χ1n) is 8.49. The number of hydrogen-bond donors (Lipinski definition) is 3. The van der Waals surface area contributed by atoms with Crippen LogP contribution < -0.4 is 15.6 Å². The van der Waals surface area contributed by atoms with E-state index in [9.17, 15) is 18.0 Å². The Hall–Kier alpha value is -2.17. The van der Waals surface area contributed by atoms with Crippen LogP contribution in [-0.4, -0.2) is 47.9 Å². The molecule has 26 heavy (non-hydrogen) atoms. The number of aromatic nitrogens is 2. The van der Waals surface area contributed by atoms with Crippen LogP contribution in [0.4, 0.5) is 0 Å². The fourth-order valence-corrected chi connectivity index (χ4v) is 4.08. The molecule has 1 aromatic carbocycles. The summed E-state index contributed by atoms with van der Waals surface area (Å²) in [6, 6.07) is 4.87. The Morgan fingerprint density at radius 1 is 1.31 bits per heavy atom. The molecule has 9 nitrogen and oxygen atoms in total. The SMILES string of the molecule is CC(C)n1c(=O)[nH]c2ccc(C(=O)N3CCC(NS(N)(=O)=O)CC3)cc21. The van der Waals surface area contributed by atoms with Gasteiger partial charge in [-0.3, -0.25) is 9.36 Å². The van der Waals surface area contributed by atoms with Crippen molar-refractivity contribution >= 4 is 27.1 Å². The second kappa shape index (κ2) is 6.86. The van der Waals surface area contributed by atoms with Gasteiger partial charge in [-0.2, -0.15) is 13.1 Å². The van der Waals surface area contributed by atoms with E-state index in [1.807, 2.05) is 13.8 Å². The van der Waals surface area contributed by atoms with Crippen molar-refractivity contribution in [2.75, 3.05) is 13.1 Å². The monoisotopic (exact) mass is 381 g/mol. The lowest BCUT2D eigenvalue weighted by atomic mass is 10.0. The Morgan fingerprint density at radius 2 is 1.96 bits per heavy atom. The summed E-state index contributed by atoms with van der Waals surface area (Å²) in [5.74, 6) is -0.134. The lowest BCUT2D eigenvalue weighted by Gasteiger charge is -2.32. The molecule has 1 aliphatic rings. The minimum atomic E-state index is -3.74. The summed E-state index contributed by atoms with van der Waals surface area (Å²) in [6.45, 7) is 4.70. The van der Waals surface area contributed by atoms with Crippen molar-refractivity contribution in [1.29, 1.82) is 0 Å². The van der Waals surface area contributed by atoms with Crippen LogP contribution >= 0.6 is 0 Å². The van der Waals surface area contributed by atoms with Crippen LogP contribution in [0.25, 0.3) is 11.0 Å². The lowest BCUT2D eigenvalue weighted by Crippen LogP contribution is -2.48. The number of hydrogen-bond acceptors (Lipinski definition) is 4. The summed E-state index contributed by atoms with van der Waals surface area (Å²) >= 11 is 0. The van der Waals surface area contributed by atoms with Gasteiger partial charge in [-0.05, 0) is 44.9 Å². The van der Waals surface area contributed by atoms with Crippen molar-refractivity contribution in [3.63, 3.8) is 0 Å². The highest BCUT2D eigenvalue weighted by molar-refractivity contribution is 7.87. The predicted molar refractivity (Wildman–Crippen MR) is 98.1 cm³/mol. The number of nitrogens with zero attached hydrogens (tertiary/aromatic N) is 2. The number of fused-ring (bicyclic) bond motifs is 1. The number of aromatic amines is 1. The summed E-state index contributed by atoms with van der Waals surface area (Å²) in [6.07, 6.45) is 1.01. The molecular formula is C16H23N5O4S. The van der Waals surface area contributed by atoms with Crippen LogP contribution in [0, 0.1) is 0 Å². The first-order chi connectivity index (χ1) is 12.2. The molecule has 1 saturated heterocycles. The number of carbonyl (C=O) groups is 1. The minimum Gasteiger partial charge on any atom is -0.339 e. The smallest absolute Gasteiger partial charge is 0.326 e. The number of nitrogens with one attached hydrogen (secondary N) is 2. The molecule has 4 N–H and O–H groups in total. The summed E-state index contributed by atoms with van der Waals surface area (Å²) in [5.41, 5.74) is 1.69. The third kappa shape index (κ3) is 3.81. The third-order valence-electron chi connectivity index (χ3n) is 4.59. The first kappa shape index (κ1) is 18.6. The van der Waals surface area contributed by atoms with Crippen molar-refractivity contribution in [1.82, 2.24) is 19.2 Å². The number of nitrogens with two attached hydrogens (primary N) is 1. The predicted octanol–water partition coefficient (Wildman–Crippen LogP) is 0.308. The zero-order valence-electron chi connectivity index (χ0n) is 14.7. The van der Waals surface area contributed by atoms with Crippen LogP contribution in [0.15, 0.2) is 23.0 Å². The third-order valence-corrected chi connectivity index (χ3v) is 5.26. The number of rotatable bonds is 4. The number of benzene rings is 1. The van der Waals surface area contributed by atoms with Crippen LogP contribution in [0.1, 0.15) is 43.1 Å². The van der Waals surface area contributed by atoms with Crippen LogP contribution in [0.5, 0.6) is 0 Å². The Morgan fingerprint density at radius 3 is 2.54 bits per heavy atom. The average Bonchev–Trinajstić information content (AvgIpc) is 2.88. The maximum absolute atomic E-state index is 12.8. The van der Waals surface area contributed by atoms with Gasteiger partial charge in [0.1, 0.15) is 0 Å². The van der Waals surface area contributed by atoms with Gasteiger partial charge in [0.25, 0.3) is 16.1 Å². The topological polar surface area (TPSA) is 130 Å². The molecule has 2 aromatic rings. The van der Waals surface area contributed by atoms with Crippen LogP contribution in [0.2, 0.25) is 0 Å². The number of piperidine rings is 1. The maximum Gasteiger partial charge on any atom is 0.326 e. The van der Waals surface area contributed by atoms with E-state index in [2.05, 4.69) is 9.71 Å². The number of carbonyl (C=O) groups excluding carboxylic acids is 1. The average molecular weight is 381 g/mol. The second-order valence-corrected chi connectivity index (χ2v) is 8.18. The van der Waals surface area contributed by atoms with Crippen molar-refractivity contribution in [2.24, 2.45) is 5.14 Å². The van der Waals surface area contributed by atoms with Crippen molar-refractivity contribution < 1.29 is 13.2 Å². The molecule has 0 saturated carbocycles. The van der Waals surface area contributed by atoms with E-state index >= 15 is 0 Å². The van der Waals surface area contributed by atoms with Crippen molar-refractivity contribution in [3.8, 4) is 0 Å². The van der Waals surface area contributed by atoms with E-state index in [1.165, 1.54) is 0 Å². The molecule has 10 heteroatoms.